The lowest BCUT2D eigenvalue weighted by molar-refractivity contribution is -0.385. The van der Waals surface area contributed by atoms with Gasteiger partial charge in [0.05, 0.1) is 9.85 Å². The molecular formula is C16H9ClN4O5. The van der Waals surface area contributed by atoms with Crippen LogP contribution in [0.2, 0.25) is 5.02 Å². The van der Waals surface area contributed by atoms with Crippen molar-refractivity contribution in [2.45, 2.75) is 0 Å². The topological polar surface area (TPSA) is 139 Å². The van der Waals surface area contributed by atoms with Gasteiger partial charge < -0.3 is 5.32 Å². The Balaban J connectivity index is 2.24. The molecule has 1 N–H and O–H groups in total. The highest BCUT2D eigenvalue weighted by Crippen LogP contribution is 2.27. The standard InChI is InChI=1S/C16H9ClN4O5/c17-14-6-3-12(8-15(14)21(25)26)19-16(22)11(9-18)7-10-1-4-13(5-2-10)20(23)24/h1-8H,(H,19,22)/b11-7+. The van der Waals surface area contributed by atoms with Crippen LogP contribution in [0.25, 0.3) is 6.08 Å². The van der Waals surface area contributed by atoms with E-state index in [1.165, 1.54) is 42.5 Å². The lowest BCUT2D eigenvalue weighted by Gasteiger charge is -2.05. The Morgan fingerprint density at radius 2 is 1.77 bits per heavy atom. The number of nitriles is 1. The molecule has 26 heavy (non-hydrogen) atoms. The largest absolute Gasteiger partial charge is 0.321 e. The van der Waals surface area contributed by atoms with Crippen molar-refractivity contribution in [2.75, 3.05) is 5.32 Å². The molecule has 0 spiro atoms. The number of carbonyl (C=O) groups is 1. The minimum absolute atomic E-state index is 0.0880. The molecule has 2 aromatic rings. The fourth-order valence-electron chi connectivity index (χ4n) is 1.94. The highest BCUT2D eigenvalue weighted by Gasteiger charge is 2.15. The van der Waals surface area contributed by atoms with Crippen LogP contribution in [0.3, 0.4) is 0 Å². The first kappa shape index (κ1) is 18.6. The number of benzene rings is 2. The van der Waals surface area contributed by atoms with Crippen LogP contribution in [0.4, 0.5) is 17.1 Å². The molecule has 0 aliphatic rings. The van der Waals surface area contributed by atoms with Gasteiger partial charge in [-0.2, -0.15) is 5.26 Å². The molecule has 0 atom stereocenters. The molecule has 130 valence electrons. The molecule has 0 aliphatic carbocycles. The second-order valence-electron chi connectivity index (χ2n) is 4.90. The van der Waals surface area contributed by atoms with Crippen molar-refractivity contribution >= 4 is 40.6 Å². The predicted molar refractivity (Wildman–Crippen MR) is 93.4 cm³/mol. The maximum atomic E-state index is 12.2. The Morgan fingerprint density at radius 1 is 1.12 bits per heavy atom. The Bertz CT molecular complexity index is 964. The molecule has 0 saturated carbocycles. The first-order valence-corrected chi connectivity index (χ1v) is 7.31. The number of rotatable bonds is 5. The normalized spacial score (nSPS) is 10.7. The molecule has 0 fully saturated rings. The monoisotopic (exact) mass is 372 g/mol. The number of nitrogens with zero attached hydrogens (tertiary/aromatic N) is 3. The number of nitro benzene ring substituents is 2. The molecule has 0 saturated heterocycles. The SMILES string of the molecule is N#C/C(=C\c1ccc([N+](=O)[O-])cc1)C(=O)Nc1ccc(Cl)c([N+](=O)[O-])c1. The summed E-state index contributed by atoms with van der Waals surface area (Å²) in [5, 5.41) is 32.9. The third-order valence-electron chi connectivity index (χ3n) is 3.18. The van der Waals surface area contributed by atoms with E-state index < -0.39 is 15.8 Å². The molecule has 10 heteroatoms. The van der Waals surface area contributed by atoms with E-state index in [2.05, 4.69) is 5.32 Å². The summed E-state index contributed by atoms with van der Waals surface area (Å²) in [6, 6.07) is 10.6. The lowest BCUT2D eigenvalue weighted by Crippen LogP contribution is -2.13. The first-order chi connectivity index (χ1) is 12.3. The zero-order chi connectivity index (χ0) is 19.3. The predicted octanol–water partition coefficient (Wildman–Crippen LogP) is 3.70. The van der Waals surface area contributed by atoms with Gasteiger partial charge >= 0.3 is 0 Å². The van der Waals surface area contributed by atoms with Crippen molar-refractivity contribution < 1.29 is 14.6 Å². The van der Waals surface area contributed by atoms with Gasteiger partial charge in [-0.3, -0.25) is 25.0 Å². The van der Waals surface area contributed by atoms with Gasteiger partial charge in [0, 0.05) is 23.9 Å². The number of amides is 1. The number of anilines is 1. The van der Waals surface area contributed by atoms with Crippen LogP contribution in [-0.4, -0.2) is 15.8 Å². The molecule has 1 amide bonds. The van der Waals surface area contributed by atoms with Gasteiger partial charge in [-0.15, -0.1) is 0 Å². The van der Waals surface area contributed by atoms with E-state index in [4.69, 9.17) is 16.9 Å². The summed E-state index contributed by atoms with van der Waals surface area (Å²) < 4.78 is 0. The zero-order valence-electron chi connectivity index (χ0n) is 12.9. The average Bonchev–Trinajstić information content (AvgIpc) is 2.61. The van der Waals surface area contributed by atoms with Gasteiger partial charge in [0.2, 0.25) is 0 Å². The molecule has 0 aliphatic heterocycles. The summed E-state index contributed by atoms with van der Waals surface area (Å²) in [5.41, 5.74) is -0.294. The smallest absolute Gasteiger partial charge is 0.289 e. The van der Waals surface area contributed by atoms with Crippen molar-refractivity contribution in [2.24, 2.45) is 0 Å². The molecule has 0 unspecified atom stereocenters. The summed E-state index contributed by atoms with van der Waals surface area (Å²) in [4.78, 5) is 32.4. The van der Waals surface area contributed by atoms with Crippen molar-refractivity contribution in [1.29, 1.82) is 5.26 Å². The van der Waals surface area contributed by atoms with Crippen LogP contribution in [0.15, 0.2) is 48.0 Å². The van der Waals surface area contributed by atoms with Crippen molar-refractivity contribution in [1.82, 2.24) is 0 Å². The van der Waals surface area contributed by atoms with Crippen molar-refractivity contribution in [3.63, 3.8) is 0 Å². The quantitative estimate of drug-likeness (QED) is 0.367. The highest BCUT2D eigenvalue weighted by molar-refractivity contribution is 6.32. The molecule has 2 aromatic carbocycles. The summed E-state index contributed by atoms with van der Waals surface area (Å²) >= 11 is 5.69. The maximum Gasteiger partial charge on any atom is 0.289 e. The molecular weight excluding hydrogens is 364 g/mol. The Hall–Kier alpha value is -3.77. The second-order valence-corrected chi connectivity index (χ2v) is 5.30. The molecule has 0 heterocycles. The van der Waals surface area contributed by atoms with Gasteiger partial charge in [0.1, 0.15) is 16.7 Å². The highest BCUT2D eigenvalue weighted by atomic mass is 35.5. The number of nitro groups is 2. The maximum absolute atomic E-state index is 12.2. The molecule has 0 radical (unpaired) electrons. The average molecular weight is 373 g/mol. The number of halogens is 1. The minimum Gasteiger partial charge on any atom is -0.321 e. The first-order valence-electron chi connectivity index (χ1n) is 6.93. The fraction of sp³-hybridized carbons (Fsp3) is 0. The Morgan fingerprint density at radius 3 is 2.31 bits per heavy atom. The van der Waals surface area contributed by atoms with E-state index in [0.717, 1.165) is 6.07 Å². The second kappa shape index (κ2) is 7.87. The zero-order valence-corrected chi connectivity index (χ0v) is 13.6. The van der Waals surface area contributed by atoms with E-state index in [-0.39, 0.29) is 27.7 Å². The Kier molecular flexibility index (Phi) is 5.62. The number of hydrogen-bond donors (Lipinski definition) is 1. The minimum atomic E-state index is -0.789. The van der Waals surface area contributed by atoms with E-state index in [1.807, 2.05) is 0 Å². The molecule has 0 aromatic heterocycles. The summed E-state index contributed by atoms with van der Waals surface area (Å²) in [5.74, 6) is -0.789. The van der Waals surface area contributed by atoms with Crippen LogP contribution in [0.1, 0.15) is 5.56 Å². The van der Waals surface area contributed by atoms with Gasteiger partial charge in [-0.25, -0.2) is 0 Å². The van der Waals surface area contributed by atoms with Crippen molar-refractivity contribution in [3.8, 4) is 6.07 Å². The fourth-order valence-corrected chi connectivity index (χ4v) is 2.12. The van der Waals surface area contributed by atoms with Crippen LogP contribution in [-0.2, 0) is 4.79 Å². The Labute approximate surface area is 151 Å². The van der Waals surface area contributed by atoms with E-state index in [0.29, 0.717) is 5.56 Å². The van der Waals surface area contributed by atoms with Gasteiger partial charge in [-0.1, -0.05) is 11.6 Å². The van der Waals surface area contributed by atoms with E-state index >= 15 is 0 Å². The molecule has 0 bridgehead atoms. The number of nitrogens with one attached hydrogen (secondary N) is 1. The van der Waals surface area contributed by atoms with Crippen LogP contribution >= 0.6 is 11.6 Å². The van der Waals surface area contributed by atoms with Gasteiger partial charge in [0.15, 0.2) is 0 Å². The number of carbonyl (C=O) groups excluding carboxylic acids is 1. The summed E-state index contributed by atoms with van der Waals surface area (Å²) in [7, 11) is 0. The van der Waals surface area contributed by atoms with Crippen LogP contribution in [0.5, 0.6) is 0 Å². The van der Waals surface area contributed by atoms with E-state index in [9.17, 15) is 25.0 Å². The lowest BCUT2D eigenvalue weighted by atomic mass is 10.1. The van der Waals surface area contributed by atoms with Crippen molar-refractivity contribution in [3.05, 3.63) is 78.9 Å². The molecule has 2 rings (SSSR count). The van der Waals surface area contributed by atoms with Crippen LogP contribution < -0.4 is 5.32 Å². The van der Waals surface area contributed by atoms with Gasteiger partial charge in [-0.05, 0) is 35.9 Å². The number of hydrogen-bond acceptors (Lipinski definition) is 6. The molecule has 9 nitrogen and oxygen atoms in total. The number of non-ortho nitro benzene ring substituents is 1. The van der Waals surface area contributed by atoms with E-state index in [1.54, 1.807) is 6.07 Å². The third-order valence-corrected chi connectivity index (χ3v) is 3.50. The van der Waals surface area contributed by atoms with Crippen LogP contribution in [0, 0.1) is 31.6 Å². The third kappa shape index (κ3) is 4.40. The summed E-state index contributed by atoms with van der Waals surface area (Å²) in [6.07, 6.45) is 1.24. The summed E-state index contributed by atoms with van der Waals surface area (Å²) in [6.45, 7) is 0. The van der Waals surface area contributed by atoms with Gasteiger partial charge in [0.25, 0.3) is 17.3 Å².